The van der Waals surface area contributed by atoms with E-state index in [1.54, 1.807) is 0 Å². The number of hydrazine groups is 1. The first kappa shape index (κ1) is 14.4. The van der Waals surface area contributed by atoms with Gasteiger partial charge in [0.05, 0.1) is 6.04 Å². The van der Waals surface area contributed by atoms with Crippen LogP contribution in [0.4, 0.5) is 0 Å². The van der Waals surface area contributed by atoms with Crippen LogP contribution in [-0.2, 0) is 0 Å². The molecule has 1 aliphatic heterocycles. The number of halogens is 1. The van der Waals surface area contributed by atoms with Crippen LogP contribution in [0.1, 0.15) is 22.7 Å². The van der Waals surface area contributed by atoms with Crippen molar-refractivity contribution >= 4 is 15.9 Å². The molecule has 0 amide bonds. The second kappa shape index (κ2) is 6.05. The molecule has 5 heteroatoms. The van der Waals surface area contributed by atoms with Crippen molar-refractivity contribution in [2.45, 2.75) is 13.0 Å². The summed E-state index contributed by atoms with van der Waals surface area (Å²) in [6, 6.07) is 12.0. The Morgan fingerprint density at radius 2 is 1.86 bits per heavy atom. The summed E-state index contributed by atoms with van der Waals surface area (Å²) in [6.07, 6.45) is 0. The number of hydrogen-bond donors (Lipinski definition) is 2. The SMILES string of the molecule is Cc1ccc(Br)c(C(NN)c2ccc3c(c2)OCCO3)c1. The first-order valence-corrected chi connectivity index (χ1v) is 7.60. The summed E-state index contributed by atoms with van der Waals surface area (Å²) in [5.74, 6) is 7.34. The first-order valence-electron chi connectivity index (χ1n) is 6.81. The van der Waals surface area contributed by atoms with E-state index in [9.17, 15) is 0 Å². The van der Waals surface area contributed by atoms with Crippen LogP contribution < -0.4 is 20.7 Å². The molecule has 1 unspecified atom stereocenters. The second-order valence-electron chi connectivity index (χ2n) is 5.03. The van der Waals surface area contributed by atoms with Crippen molar-refractivity contribution in [3.63, 3.8) is 0 Å². The Hall–Kier alpha value is -1.56. The van der Waals surface area contributed by atoms with Crippen LogP contribution >= 0.6 is 15.9 Å². The molecule has 1 heterocycles. The molecule has 4 nitrogen and oxygen atoms in total. The maximum atomic E-state index is 5.79. The molecule has 1 atom stereocenters. The average molecular weight is 349 g/mol. The Kier molecular flexibility index (Phi) is 4.14. The van der Waals surface area contributed by atoms with Gasteiger partial charge in [0.2, 0.25) is 0 Å². The summed E-state index contributed by atoms with van der Waals surface area (Å²) < 4.78 is 12.2. The van der Waals surface area contributed by atoms with E-state index in [4.69, 9.17) is 15.3 Å². The van der Waals surface area contributed by atoms with Crippen molar-refractivity contribution in [2.75, 3.05) is 13.2 Å². The van der Waals surface area contributed by atoms with Crippen LogP contribution in [0.15, 0.2) is 40.9 Å². The fourth-order valence-electron chi connectivity index (χ4n) is 2.49. The quantitative estimate of drug-likeness (QED) is 0.661. The third-order valence-electron chi connectivity index (χ3n) is 3.53. The number of nitrogens with one attached hydrogen (secondary N) is 1. The fraction of sp³-hybridized carbons (Fsp3) is 0.250. The molecule has 2 aromatic carbocycles. The van der Waals surface area contributed by atoms with E-state index in [-0.39, 0.29) is 6.04 Å². The molecule has 0 spiro atoms. The van der Waals surface area contributed by atoms with Crippen LogP contribution in [-0.4, -0.2) is 13.2 Å². The third-order valence-corrected chi connectivity index (χ3v) is 4.25. The lowest BCUT2D eigenvalue weighted by Crippen LogP contribution is -2.29. The number of benzene rings is 2. The zero-order valence-corrected chi connectivity index (χ0v) is 13.3. The van der Waals surface area contributed by atoms with Gasteiger partial charge >= 0.3 is 0 Å². The van der Waals surface area contributed by atoms with Gasteiger partial charge in [-0.2, -0.15) is 0 Å². The zero-order valence-electron chi connectivity index (χ0n) is 11.7. The average Bonchev–Trinajstić information content (AvgIpc) is 2.51. The highest BCUT2D eigenvalue weighted by Crippen LogP contribution is 2.35. The number of hydrogen-bond acceptors (Lipinski definition) is 4. The van der Waals surface area contributed by atoms with E-state index in [0.29, 0.717) is 13.2 Å². The predicted octanol–water partition coefficient (Wildman–Crippen LogP) is 3.08. The van der Waals surface area contributed by atoms with Gasteiger partial charge in [0, 0.05) is 4.47 Å². The molecule has 0 saturated heterocycles. The van der Waals surface area contributed by atoms with Gasteiger partial charge in [-0.05, 0) is 36.2 Å². The van der Waals surface area contributed by atoms with Gasteiger partial charge in [0.1, 0.15) is 13.2 Å². The van der Waals surface area contributed by atoms with E-state index >= 15 is 0 Å². The van der Waals surface area contributed by atoms with Gasteiger partial charge in [0.15, 0.2) is 11.5 Å². The molecule has 0 radical (unpaired) electrons. The standard InChI is InChI=1S/C16H17BrN2O2/c1-10-2-4-13(17)12(8-10)16(19-18)11-3-5-14-15(9-11)21-7-6-20-14/h2-5,8-9,16,19H,6-7,18H2,1H3. The number of ether oxygens (including phenoxy) is 2. The molecule has 0 saturated carbocycles. The van der Waals surface area contributed by atoms with E-state index in [2.05, 4.69) is 40.4 Å². The molecule has 0 aliphatic carbocycles. The molecule has 21 heavy (non-hydrogen) atoms. The van der Waals surface area contributed by atoms with Gasteiger partial charge < -0.3 is 9.47 Å². The van der Waals surface area contributed by atoms with Gasteiger partial charge in [-0.1, -0.05) is 39.7 Å². The highest BCUT2D eigenvalue weighted by molar-refractivity contribution is 9.10. The lowest BCUT2D eigenvalue weighted by Gasteiger charge is -2.23. The minimum absolute atomic E-state index is 0.116. The summed E-state index contributed by atoms with van der Waals surface area (Å²) in [7, 11) is 0. The summed E-state index contributed by atoms with van der Waals surface area (Å²) in [5.41, 5.74) is 6.20. The number of fused-ring (bicyclic) bond motifs is 1. The largest absolute Gasteiger partial charge is 0.486 e. The molecule has 2 aromatic rings. The molecule has 0 aromatic heterocycles. The topological polar surface area (TPSA) is 56.5 Å². The lowest BCUT2D eigenvalue weighted by atomic mass is 9.97. The van der Waals surface area contributed by atoms with Crippen LogP contribution in [0.25, 0.3) is 0 Å². The Labute approximate surface area is 132 Å². The van der Waals surface area contributed by atoms with Crippen LogP contribution in [0.3, 0.4) is 0 Å². The smallest absolute Gasteiger partial charge is 0.161 e. The molecule has 3 N–H and O–H groups in total. The minimum atomic E-state index is -0.116. The number of nitrogens with two attached hydrogens (primary N) is 1. The van der Waals surface area contributed by atoms with Crippen molar-refractivity contribution in [3.05, 3.63) is 57.6 Å². The van der Waals surface area contributed by atoms with E-state index in [1.165, 1.54) is 5.56 Å². The predicted molar refractivity (Wildman–Crippen MR) is 85.5 cm³/mol. The molecule has 0 bridgehead atoms. The van der Waals surface area contributed by atoms with Crippen molar-refractivity contribution in [1.82, 2.24) is 5.43 Å². The van der Waals surface area contributed by atoms with Crippen LogP contribution in [0.5, 0.6) is 11.5 Å². The van der Waals surface area contributed by atoms with Gasteiger partial charge in [-0.3, -0.25) is 5.84 Å². The lowest BCUT2D eigenvalue weighted by molar-refractivity contribution is 0.171. The molecule has 3 rings (SSSR count). The van der Waals surface area contributed by atoms with Gasteiger partial charge in [-0.25, -0.2) is 5.43 Å². The molecular formula is C16H17BrN2O2. The highest BCUT2D eigenvalue weighted by atomic mass is 79.9. The van der Waals surface area contributed by atoms with E-state index < -0.39 is 0 Å². The monoisotopic (exact) mass is 348 g/mol. The number of aryl methyl sites for hydroxylation is 1. The Bertz CT molecular complexity index is 661. The fourth-order valence-corrected chi connectivity index (χ4v) is 2.97. The molecular weight excluding hydrogens is 332 g/mol. The van der Waals surface area contributed by atoms with Gasteiger partial charge in [0.25, 0.3) is 0 Å². The zero-order chi connectivity index (χ0) is 14.8. The van der Waals surface area contributed by atoms with E-state index in [0.717, 1.165) is 27.1 Å². The summed E-state index contributed by atoms with van der Waals surface area (Å²) in [6.45, 7) is 3.23. The summed E-state index contributed by atoms with van der Waals surface area (Å²) in [5, 5.41) is 0. The second-order valence-corrected chi connectivity index (χ2v) is 5.88. The summed E-state index contributed by atoms with van der Waals surface area (Å²) in [4.78, 5) is 0. The maximum absolute atomic E-state index is 5.79. The molecule has 0 fully saturated rings. The molecule has 1 aliphatic rings. The molecule has 110 valence electrons. The van der Waals surface area contributed by atoms with Crippen molar-refractivity contribution in [3.8, 4) is 11.5 Å². The van der Waals surface area contributed by atoms with E-state index in [1.807, 2.05) is 24.3 Å². The van der Waals surface area contributed by atoms with Crippen LogP contribution in [0, 0.1) is 6.92 Å². The van der Waals surface area contributed by atoms with Crippen molar-refractivity contribution in [1.29, 1.82) is 0 Å². The third kappa shape index (κ3) is 2.90. The normalized spacial score (nSPS) is 14.8. The van der Waals surface area contributed by atoms with Crippen LogP contribution in [0.2, 0.25) is 0 Å². The Morgan fingerprint density at radius 1 is 1.10 bits per heavy atom. The van der Waals surface area contributed by atoms with Crippen molar-refractivity contribution in [2.24, 2.45) is 5.84 Å². The minimum Gasteiger partial charge on any atom is -0.486 e. The number of rotatable bonds is 3. The summed E-state index contributed by atoms with van der Waals surface area (Å²) >= 11 is 3.59. The Balaban J connectivity index is 2.01. The van der Waals surface area contributed by atoms with Crippen molar-refractivity contribution < 1.29 is 9.47 Å². The Morgan fingerprint density at radius 3 is 2.62 bits per heavy atom. The first-order chi connectivity index (χ1) is 10.2. The van der Waals surface area contributed by atoms with Gasteiger partial charge in [-0.15, -0.1) is 0 Å². The highest BCUT2D eigenvalue weighted by Gasteiger charge is 2.19. The maximum Gasteiger partial charge on any atom is 0.161 e.